The lowest BCUT2D eigenvalue weighted by atomic mass is 10.2. The number of aliphatic hydroxyl groups excluding tert-OH is 1. The second-order valence-corrected chi connectivity index (χ2v) is 7.17. The minimum atomic E-state index is -0.677. The fraction of sp³-hybridized carbons (Fsp3) is 0.409. The molecule has 0 aliphatic rings. The van der Waals surface area contributed by atoms with E-state index < -0.39 is 6.10 Å². The SMILES string of the molecule is CC(C)C(=O)NCCN(Cc1ccccc1)CC(O)COc1ccccc1N. The third kappa shape index (κ3) is 7.58. The van der Waals surface area contributed by atoms with Gasteiger partial charge in [-0.1, -0.05) is 56.3 Å². The van der Waals surface area contributed by atoms with Crippen molar-refractivity contribution in [3.63, 3.8) is 0 Å². The molecule has 0 aromatic heterocycles. The Hall–Kier alpha value is -2.57. The summed E-state index contributed by atoms with van der Waals surface area (Å²) in [6, 6.07) is 17.3. The van der Waals surface area contributed by atoms with Crippen molar-refractivity contribution in [3.05, 3.63) is 60.2 Å². The highest BCUT2D eigenvalue weighted by molar-refractivity contribution is 5.77. The Labute approximate surface area is 167 Å². The summed E-state index contributed by atoms with van der Waals surface area (Å²) >= 11 is 0. The highest BCUT2D eigenvalue weighted by atomic mass is 16.5. The van der Waals surface area contributed by atoms with Crippen LogP contribution in [0.4, 0.5) is 5.69 Å². The second-order valence-electron chi connectivity index (χ2n) is 7.17. The first-order valence-corrected chi connectivity index (χ1v) is 9.65. The molecule has 6 nitrogen and oxygen atoms in total. The van der Waals surface area contributed by atoms with Crippen LogP contribution in [0, 0.1) is 5.92 Å². The molecule has 0 radical (unpaired) electrons. The molecule has 2 rings (SSSR count). The van der Waals surface area contributed by atoms with Crippen molar-refractivity contribution in [3.8, 4) is 5.75 Å². The smallest absolute Gasteiger partial charge is 0.222 e. The molecule has 0 aliphatic heterocycles. The van der Waals surface area contributed by atoms with Crippen LogP contribution in [0.3, 0.4) is 0 Å². The monoisotopic (exact) mass is 385 g/mol. The molecule has 0 fully saturated rings. The van der Waals surface area contributed by atoms with E-state index in [1.807, 2.05) is 56.3 Å². The number of hydrogen-bond donors (Lipinski definition) is 3. The van der Waals surface area contributed by atoms with Crippen molar-refractivity contribution in [2.24, 2.45) is 5.92 Å². The van der Waals surface area contributed by atoms with Gasteiger partial charge in [-0.25, -0.2) is 0 Å². The number of benzene rings is 2. The molecule has 0 saturated heterocycles. The number of carbonyl (C=O) groups excluding carboxylic acids is 1. The van der Waals surface area contributed by atoms with E-state index in [1.54, 1.807) is 12.1 Å². The summed E-state index contributed by atoms with van der Waals surface area (Å²) in [6.45, 7) is 6.17. The lowest BCUT2D eigenvalue weighted by Gasteiger charge is -2.25. The van der Waals surface area contributed by atoms with Crippen LogP contribution in [-0.2, 0) is 11.3 Å². The topological polar surface area (TPSA) is 87.8 Å². The summed E-state index contributed by atoms with van der Waals surface area (Å²) in [5, 5.41) is 13.4. The summed E-state index contributed by atoms with van der Waals surface area (Å²) in [5.41, 5.74) is 7.57. The molecule has 6 heteroatoms. The van der Waals surface area contributed by atoms with E-state index in [-0.39, 0.29) is 18.4 Å². The lowest BCUT2D eigenvalue weighted by Crippen LogP contribution is -2.41. The first-order chi connectivity index (χ1) is 13.5. The standard InChI is InChI=1S/C22H31N3O3/c1-17(2)22(27)24-12-13-25(14-18-8-4-3-5-9-18)15-19(26)16-28-21-11-7-6-10-20(21)23/h3-11,17,19,26H,12-16,23H2,1-2H3,(H,24,27). The van der Waals surface area contributed by atoms with E-state index >= 15 is 0 Å². The summed E-state index contributed by atoms with van der Waals surface area (Å²) < 4.78 is 5.65. The van der Waals surface area contributed by atoms with Gasteiger partial charge in [0, 0.05) is 32.1 Å². The number of nitrogens with two attached hydrogens (primary N) is 1. The highest BCUT2D eigenvalue weighted by Gasteiger charge is 2.15. The van der Waals surface area contributed by atoms with Crippen molar-refractivity contribution in [1.82, 2.24) is 10.2 Å². The molecule has 0 spiro atoms. The van der Waals surface area contributed by atoms with Gasteiger partial charge in [-0.2, -0.15) is 0 Å². The molecule has 1 atom stereocenters. The van der Waals surface area contributed by atoms with Crippen LogP contribution in [0.5, 0.6) is 5.75 Å². The van der Waals surface area contributed by atoms with Gasteiger partial charge in [-0.05, 0) is 17.7 Å². The number of hydrogen-bond acceptors (Lipinski definition) is 5. The molecule has 152 valence electrons. The number of nitrogen functional groups attached to an aromatic ring is 1. The summed E-state index contributed by atoms with van der Waals surface area (Å²) in [4.78, 5) is 13.9. The molecule has 0 aliphatic carbocycles. The zero-order valence-corrected chi connectivity index (χ0v) is 16.7. The van der Waals surface area contributed by atoms with Crippen molar-refractivity contribution in [2.75, 3.05) is 32.0 Å². The van der Waals surface area contributed by atoms with E-state index in [9.17, 15) is 9.90 Å². The van der Waals surface area contributed by atoms with Gasteiger partial charge in [-0.15, -0.1) is 0 Å². The van der Waals surface area contributed by atoms with Gasteiger partial charge in [0.05, 0.1) is 5.69 Å². The average molecular weight is 386 g/mol. The highest BCUT2D eigenvalue weighted by Crippen LogP contribution is 2.19. The first-order valence-electron chi connectivity index (χ1n) is 9.65. The van der Waals surface area contributed by atoms with Gasteiger partial charge >= 0.3 is 0 Å². The molecule has 0 saturated carbocycles. The molecular weight excluding hydrogens is 354 g/mol. The Morgan fingerprint density at radius 2 is 1.82 bits per heavy atom. The van der Waals surface area contributed by atoms with Crippen LogP contribution < -0.4 is 15.8 Å². The summed E-state index contributed by atoms with van der Waals surface area (Å²) in [6.07, 6.45) is -0.677. The van der Waals surface area contributed by atoms with Gasteiger partial charge in [0.15, 0.2) is 0 Å². The number of nitrogens with zero attached hydrogens (tertiary/aromatic N) is 1. The van der Waals surface area contributed by atoms with Crippen LogP contribution in [0.15, 0.2) is 54.6 Å². The Bertz CT molecular complexity index is 722. The van der Waals surface area contributed by atoms with Gasteiger partial charge in [-0.3, -0.25) is 9.69 Å². The van der Waals surface area contributed by atoms with Gasteiger partial charge in [0.1, 0.15) is 18.5 Å². The second kappa shape index (κ2) is 11.3. The molecule has 28 heavy (non-hydrogen) atoms. The van der Waals surface area contributed by atoms with Gasteiger partial charge < -0.3 is 20.9 Å². The van der Waals surface area contributed by atoms with Crippen LogP contribution >= 0.6 is 0 Å². The van der Waals surface area contributed by atoms with Crippen molar-refractivity contribution >= 4 is 11.6 Å². The number of rotatable bonds is 11. The predicted molar refractivity (Wildman–Crippen MR) is 112 cm³/mol. The largest absolute Gasteiger partial charge is 0.489 e. The number of ether oxygens (including phenoxy) is 1. The Balaban J connectivity index is 1.89. The van der Waals surface area contributed by atoms with E-state index in [4.69, 9.17) is 10.5 Å². The van der Waals surface area contributed by atoms with Crippen molar-refractivity contribution < 1.29 is 14.6 Å². The minimum absolute atomic E-state index is 0.0306. The minimum Gasteiger partial charge on any atom is -0.489 e. The summed E-state index contributed by atoms with van der Waals surface area (Å²) in [7, 11) is 0. The zero-order valence-electron chi connectivity index (χ0n) is 16.7. The van der Waals surface area contributed by atoms with E-state index in [2.05, 4.69) is 10.2 Å². The maximum atomic E-state index is 11.8. The number of carbonyl (C=O) groups is 1. The van der Waals surface area contributed by atoms with Gasteiger partial charge in [0.25, 0.3) is 0 Å². The van der Waals surface area contributed by atoms with Crippen LogP contribution in [0.1, 0.15) is 19.4 Å². The first kappa shape index (κ1) is 21.7. The van der Waals surface area contributed by atoms with Crippen LogP contribution in [0.25, 0.3) is 0 Å². The lowest BCUT2D eigenvalue weighted by molar-refractivity contribution is -0.124. The summed E-state index contributed by atoms with van der Waals surface area (Å²) in [5.74, 6) is 0.557. The fourth-order valence-electron chi connectivity index (χ4n) is 2.77. The molecule has 1 amide bonds. The number of anilines is 1. The maximum Gasteiger partial charge on any atom is 0.222 e. The Kier molecular flexibility index (Phi) is 8.78. The van der Waals surface area contributed by atoms with E-state index in [0.717, 1.165) is 5.56 Å². The normalized spacial score (nSPS) is 12.2. The number of para-hydroxylation sites is 2. The van der Waals surface area contributed by atoms with Crippen molar-refractivity contribution in [2.45, 2.75) is 26.5 Å². The van der Waals surface area contributed by atoms with Gasteiger partial charge in [0.2, 0.25) is 5.91 Å². The molecule has 2 aromatic carbocycles. The molecule has 0 bridgehead atoms. The number of nitrogens with one attached hydrogen (secondary N) is 1. The van der Waals surface area contributed by atoms with Crippen LogP contribution in [-0.4, -0.2) is 48.3 Å². The zero-order chi connectivity index (χ0) is 20.4. The Morgan fingerprint density at radius 3 is 2.50 bits per heavy atom. The number of aliphatic hydroxyl groups is 1. The van der Waals surface area contributed by atoms with Crippen molar-refractivity contribution in [1.29, 1.82) is 0 Å². The van der Waals surface area contributed by atoms with E-state index in [0.29, 0.717) is 37.6 Å². The molecule has 1 unspecified atom stereocenters. The van der Waals surface area contributed by atoms with Crippen LogP contribution in [0.2, 0.25) is 0 Å². The predicted octanol–water partition coefficient (Wildman–Crippen LogP) is 2.28. The molecule has 2 aromatic rings. The average Bonchev–Trinajstić information content (AvgIpc) is 2.68. The van der Waals surface area contributed by atoms with E-state index in [1.165, 1.54) is 0 Å². The Morgan fingerprint density at radius 1 is 1.14 bits per heavy atom. The quantitative estimate of drug-likeness (QED) is 0.517. The molecule has 4 N–H and O–H groups in total. The fourth-order valence-corrected chi connectivity index (χ4v) is 2.77. The third-order valence-electron chi connectivity index (χ3n) is 4.32. The third-order valence-corrected chi connectivity index (χ3v) is 4.32. The molecule has 0 heterocycles. The number of amides is 1. The molecular formula is C22H31N3O3. The maximum absolute atomic E-state index is 11.8.